The Kier molecular flexibility index (Phi) is 8.20. The smallest absolute Gasteiger partial charge is 0.309 e. The first kappa shape index (κ1) is 34.0. The Morgan fingerprint density at radius 3 is 2.07 bits per heavy atom. The molecule has 1 heterocycles. The van der Waals surface area contributed by atoms with Gasteiger partial charge in [-0.05, 0) is 136 Å². The molecule has 6 nitrogen and oxygen atoms in total. The van der Waals surface area contributed by atoms with E-state index in [4.69, 9.17) is 4.74 Å². The number of ether oxygens (including phenoxy) is 1. The summed E-state index contributed by atoms with van der Waals surface area (Å²) in [6.45, 7) is 23.9. The lowest BCUT2D eigenvalue weighted by Crippen LogP contribution is -2.67. The zero-order valence-corrected chi connectivity index (χ0v) is 30.3. The van der Waals surface area contributed by atoms with E-state index in [1.807, 2.05) is 6.92 Å². The summed E-state index contributed by atoms with van der Waals surface area (Å²) in [6.07, 6.45) is 12.6. The Morgan fingerprint density at radius 2 is 1.48 bits per heavy atom. The van der Waals surface area contributed by atoms with Gasteiger partial charge in [-0.25, -0.2) is 0 Å². The van der Waals surface area contributed by atoms with E-state index in [0.717, 1.165) is 38.5 Å². The largest absolute Gasteiger partial charge is 0.481 e. The van der Waals surface area contributed by atoms with Gasteiger partial charge >= 0.3 is 11.9 Å². The van der Waals surface area contributed by atoms with Crippen molar-refractivity contribution in [2.75, 3.05) is 13.1 Å². The molecule has 0 aromatic rings. The first-order valence-electron chi connectivity index (χ1n) is 18.8. The van der Waals surface area contributed by atoms with Crippen LogP contribution in [0.4, 0.5) is 0 Å². The average molecular weight is 638 g/mol. The molecule has 6 fully saturated rings. The normalized spacial score (nSPS) is 45.8. The van der Waals surface area contributed by atoms with Crippen molar-refractivity contribution in [1.82, 2.24) is 4.90 Å². The third-order valence-corrected chi connectivity index (χ3v) is 16.9. The van der Waals surface area contributed by atoms with Crippen LogP contribution in [0.5, 0.6) is 0 Å². The Balaban J connectivity index is 1.31. The van der Waals surface area contributed by atoms with Crippen molar-refractivity contribution >= 4 is 17.8 Å². The highest BCUT2D eigenvalue weighted by atomic mass is 16.5. The lowest BCUT2D eigenvalue weighted by molar-refractivity contribution is -0.249. The maximum atomic E-state index is 14.9. The first-order chi connectivity index (χ1) is 21.4. The lowest BCUT2D eigenvalue weighted by Gasteiger charge is -2.73. The van der Waals surface area contributed by atoms with Crippen LogP contribution >= 0.6 is 0 Å². The number of hydrogen-bond acceptors (Lipinski definition) is 4. The van der Waals surface area contributed by atoms with Gasteiger partial charge in [0.2, 0.25) is 5.91 Å². The third-order valence-electron chi connectivity index (χ3n) is 16.9. The predicted octanol–water partition coefficient (Wildman–Crippen LogP) is 8.68. The summed E-state index contributed by atoms with van der Waals surface area (Å²) in [5.41, 5.74) is 0.699. The summed E-state index contributed by atoms with van der Waals surface area (Å²) < 4.78 is 5.95. The average Bonchev–Trinajstić information content (AvgIpc) is 3.40. The third kappa shape index (κ3) is 4.49. The fraction of sp³-hybridized carbons (Fsp3) is 0.875. The summed E-state index contributed by atoms with van der Waals surface area (Å²) in [6, 6.07) is 0. The second kappa shape index (κ2) is 11.1. The van der Waals surface area contributed by atoms with Crippen molar-refractivity contribution in [3.8, 4) is 0 Å². The number of carboxylic acid groups (broad SMARTS) is 1. The minimum absolute atomic E-state index is 0.0109. The van der Waals surface area contributed by atoms with Gasteiger partial charge in [0.05, 0.1) is 10.8 Å². The highest BCUT2D eigenvalue weighted by Crippen LogP contribution is 2.77. The molecule has 258 valence electrons. The lowest BCUT2D eigenvalue weighted by atomic mass is 9.32. The SMILES string of the molecule is C=C(C)[C@@H]1CC[C@]2(C(=O)N3CCC(CC)(C(=O)O)CC3)CC[C@]3(C)[C@H](CC[C@@H]4[C@@]5(C)CC[C@H](OC(C)=O)C(C)(C)[C@@H]5CC[C@]43C)[C@@H]12. The van der Waals surface area contributed by atoms with Gasteiger partial charge in [0, 0.05) is 25.4 Å². The zero-order valence-electron chi connectivity index (χ0n) is 30.3. The highest BCUT2D eigenvalue weighted by Gasteiger charge is 2.72. The number of nitrogens with zero attached hydrogens (tertiary/aromatic N) is 1. The quantitative estimate of drug-likeness (QED) is 0.241. The minimum Gasteiger partial charge on any atom is -0.481 e. The number of aliphatic carboxylic acids is 1. The molecule has 0 bridgehead atoms. The molecule has 6 aliphatic rings. The van der Waals surface area contributed by atoms with Gasteiger partial charge in [0.25, 0.3) is 0 Å². The van der Waals surface area contributed by atoms with E-state index in [1.165, 1.54) is 31.3 Å². The molecule has 5 aliphatic carbocycles. The van der Waals surface area contributed by atoms with Crippen LogP contribution in [0.3, 0.4) is 0 Å². The molecule has 0 unspecified atom stereocenters. The Morgan fingerprint density at radius 1 is 0.804 bits per heavy atom. The van der Waals surface area contributed by atoms with E-state index in [9.17, 15) is 19.5 Å². The molecule has 5 saturated carbocycles. The van der Waals surface area contributed by atoms with Crippen molar-refractivity contribution in [3.05, 3.63) is 12.2 Å². The van der Waals surface area contributed by atoms with Crippen molar-refractivity contribution in [2.24, 2.45) is 62.1 Å². The van der Waals surface area contributed by atoms with E-state index >= 15 is 0 Å². The number of carbonyl (C=O) groups is 3. The molecule has 0 radical (unpaired) electrons. The minimum atomic E-state index is -0.702. The monoisotopic (exact) mass is 637 g/mol. The number of carbonyl (C=O) groups excluding carboxylic acids is 2. The van der Waals surface area contributed by atoms with E-state index in [1.54, 1.807) is 6.92 Å². The fourth-order valence-corrected chi connectivity index (χ4v) is 14.1. The van der Waals surface area contributed by atoms with Crippen molar-refractivity contribution in [1.29, 1.82) is 0 Å². The molecule has 6 rings (SSSR count). The number of fused-ring (bicyclic) bond motifs is 7. The summed E-state index contributed by atoms with van der Waals surface area (Å²) in [4.78, 5) is 41.2. The summed E-state index contributed by atoms with van der Waals surface area (Å²) in [7, 11) is 0. The predicted molar refractivity (Wildman–Crippen MR) is 181 cm³/mol. The van der Waals surface area contributed by atoms with Crippen LogP contribution in [0, 0.1) is 62.1 Å². The molecule has 46 heavy (non-hydrogen) atoms. The Hall–Kier alpha value is -1.85. The molecule has 0 aromatic heterocycles. The van der Waals surface area contributed by atoms with Gasteiger partial charge in [-0.3, -0.25) is 14.4 Å². The van der Waals surface area contributed by atoms with Crippen LogP contribution in [0.25, 0.3) is 0 Å². The van der Waals surface area contributed by atoms with Gasteiger partial charge in [-0.2, -0.15) is 0 Å². The van der Waals surface area contributed by atoms with E-state index in [0.29, 0.717) is 67.8 Å². The highest BCUT2D eigenvalue weighted by molar-refractivity contribution is 5.84. The molecular formula is C40H63NO5. The van der Waals surface area contributed by atoms with Gasteiger partial charge in [-0.1, -0.05) is 53.7 Å². The van der Waals surface area contributed by atoms with Gasteiger partial charge < -0.3 is 14.7 Å². The van der Waals surface area contributed by atoms with Crippen LogP contribution in [-0.2, 0) is 19.1 Å². The van der Waals surface area contributed by atoms with Crippen LogP contribution in [-0.4, -0.2) is 47.0 Å². The first-order valence-corrected chi connectivity index (χ1v) is 18.8. The topological polar surface area (TPSA) is 83.9 Å². The molecule has 0 aromatic carbocycles. The van der Waals surface area contributed by atoms with Crippen molar-refractivity contribution in [3.63, 3.8) is 0 Å². The second-order valence-corrected chi connectivity index (χ2v) is 18.5. The van der Waals surface area contributed by atoms with Crippen LogP contribution in [0.2, 0.25) is 0 Å². The molecule has 0 spiro atoms. The Labute approximate surface area is 278 Å². The summed E-state index contributed by atoms with van der Waals surface area (Å²) >= 11 is 0. The van der Waals surface area contributed by atoms with Gasteiger partial charge in [0.15, 0.2) is 0 Å². The summed E-state index contributed by atoms with van der Waals surface area (Å²) in [5, 5.41) is 10.0. The molecule has 1 saturated heterocycles. The maximum Gasteiger partial charge on any atom is 0.309 e. The van der Waals surface area contributed by atoms with Gasteiger partial charge in [0.1, 0.15) is 6.10 Å². The fourth-order valence-electron chi connectivity index (χ4n) is 14.1. The number of likely N-dealkylation sites (tertiary alicyclic amines) is 1. The molecular weight excluding hydrogens is 574 g/mol. The van der Waals surface area contributed by atoms with Crippen molar-refractivity contribution in [2.45, 2.75) is 145 Å². The number of piperidine rings is 1. The van der Waals surface area contributed by atoms with Crippen LogP contribution in [0.1, 0.15) is 139 Å². The number of rotatable bonds is 5. The number of esters is 1. The van der Waals surface area contributed by atoms with E-state index in [-0.39, 0.29) is 39.1 Å². The van der Waals surface area contributed by atoms with Crippen LogP contribution in [0.15, 0.2) is 12.2 Å². The van der Waals surface area contributed by atoms with Crippen LogP contribution < -0.4 is 0 Å². The second-order valence-electron chi connectivity index (χ2n) is 18.5. The van der Waals surface area contributed by atoms with Gasteiger partial charge in [-0.15, -0.1) is 0 Å². The molecule has 1 N–H and O–H groups in total. The molecule has 10 atom stereocenters. The zero-order chi connectivity index (χ0) is 33.7. The molecule has 1 amide bonds. The molecule has 6 heteroatoms. The standard InChI is InChI=1S/C40H63NO5/c1-10-39(34(44)45)21-23-41(24-22-39)33(43)40-18-13-27(25(2)3)32(40)28-11-12-30-36(7)16-15-31(46-26(4)42)35(5,6)29(36)14-17-38(30,9)37(28,8)19-20-40/h27-32H,2,10-24H2,1,3-9H3,(H,44,45)/t27-,28+,29-,30+,31-,32+,36-,37+,38+,40-/m0/s1. The Bertz CT molecular complexity index is 1280. The number of allylic oxidation sites excluding steroid dienone is 1. The molecule has 1 aliphatic heterocycles. The van der Waals surface area contributed by atoms with E-state index < -0.39 is 11.4 Å². The number of amides is 1. The number of carboxylic acids is 1. The number of hydrogen-bond donors (Lipinski definition) is 1. The maximum absolute atomic E-state index is 14.9. The van der Waals surface area contributed by atoms with Crippen molar-refractivity contribution < 1.29 is 24.2 Å². The summed E-state index contributed by atoms with van der Waals surface area (Å²) in [5.74, 6) is 1.78. The van der Waals surface area contributed by atoms with E-state index in [2.05, 4.69) is 53.0 Å².